The van der Waals surface area contributed by atoms with Crippen LogP contribution in [0.15, 0.2) is 42.5 Å². The lowest BCUT2D eigenvalue weighted by atomic mass is 9.89. The highest BCUT2D eigenvalue weighted by molar-refractivity contribution is 5.66. The minimum absolute atomic E-state index is 0.00166. The zero-order chi connectivity index (χ0) is 18.7. The lowest BCUT2D eigenvalue weighted by Gasteiger charge is -2.28. The van der Waals surface area contributed by atoms with Gasteiger partial charge in [-0.3, -0.25) is 0 Å². The van der Waals surface area contributed by atoms with Crippen LogP contribution in [0, 0.1) is 17.5 Å². The van der Waals surface area contributed by atoms with Gasteiger partial charge in [0.05, 0.1) is 19.8 Å². The Kier molecular flexibility index (Phi) is 5.67. The molecule has 2 nitrogen and oxygen atoms in total. The van der Waals surface area contributed by atoms with Crippen molar-refractivity contribution in [1.82, 2.24) is 0 Å². The van der Waals surface area contributed by atoms with E-state index in [1.807, 2.05) is 19.1 Å². The number of allylic oxidation sites excluding steroid dienone is 1. The van der Waals surface area contributed by atoms with Gasteiger partial charge < -0.3 is 9.47 Å². The molecule has 0 saturated carbocycles. The number of methoxy groups -OCH3 is 1. The molecule has 0 aliphatic carbocycles. The highest BCUT2D eigenvalue weighted by Crippen LogP contribution is 2.35. The van der Waals surface area contributed by atoms with E-state index in [4.69, 9.17) is 9.47 Å². The molecule has 3 rings (SSSR count). The molecule has 0 amide bonds. The topological polar surface area (TPSA) is 18.5 Å². The van der Waals surface area contributed by atoms with E-state index >= 15 is 0 Å². The lowest BCUT2D eigenvalue weighted by Crippen LogP contribution is -2.24. The van der Waals surface area contributed by atoms with Gasteiger partial charge in [-0.25, -0.2) is 13.2 Å². The van der Waals surface area contributed by atoms with Crippen molar-refractivity contribution in [3.05, 3.63) is 65.5 Å². The van der Waals surface area contributed by atoms with Crippen LogP contribution in [0.1, 0.15) is 31.2 Å². The predicted molar refractivity (Wildman–Crippen MR) is 94.8 cm³/mol. The summed E-state index contributed by atoms with van der Waals surface area (Å²) < 4.78 is 54.1. The number of benzene rings is 2. The van der Waals surface area contributed by atoms with Gasteiger partial charge in [-0.2, -0.15) is 0 Å². The van der Waals surface area contributed by atoms with Gasteiger partial charge in [0.15, 0.2) is 11.6 Å². The van der Waals surface area contributed by atoms with Crippen LogP contribution in [0.3, 0.4) is 0 Å². The van der Waals surface area contributed by atoms with Crippen LogP contribution < -0.4 is 4.74 Å². The Bertz CT molecular complexity index is 809. The highest BCUT2D eigenvalue weighted by Gasteiger charge is 2.26. The van der Waals surface area contributed by atoms with E-state index in [0.29, 0.717) is 18.8 Å². The van der Waals surface area contributed by atoms with Crippen molar-refractivity contribution in [2.24, 2.45) is 0 Å². The third-order valence-electron chi connectivity index (χ3n) is 4.74. The van der Waals surface area contributed by atoms with E-state index in [-0.39, 0.29) is 28.7 Å². The zero-order valence-corrected chi connectivity index (χ0v) is 14.8. The molecule has 0 aromatic heterocycles. The number of hydrogen-bond acceptors (Lipinski definition) is 2. The quantitative estimate of drug-likeness (QED) is 0.658. The van der Waals surface area contributed by atoms with E-state index in [2.05, 4.69) is 0 Å². The van der Waals surface area contributed by atoms with Gasteiger partial charge in [0.25, 0.3) is 0 Å². The van der Waals surface area contributed by atoms with Crippen LogP contribution in [-0.2, 0) is 4.74 Å². The van der Waals surface area contributed by atoms with Gasteiger partial charge >= 0.3 is 0 Å². The summed E-state index contributed by atoms with van der Waals surface area (Å²) in [6.07, 6.45) is 5.37. The number of hydrogen-bond donors (Lipinski definition) is 0. The summed E-state index contributed by atoms with van der Waals surface area (Å²) in [4.78, 5) is 0. The molecule has 138 valence electrons. The molecule has 0 bridgehead atoms. The Morgan fingerprint density at radius 3 is 2.42 bits per heavy atom. The zero-order valence-electron chi connectivity index (χ0n) is 14.8. The molecule has 1 aliphatic heterocycles. The van der Waals surface area contributed by atoms with Gasteiger partial charge in [-0.15, -0.1) is 0 Å². The molecule has 1 aliphatic rings. The molecule has 1 heterocycles. The lowest BCUT2D eigenvalue weighted by molar-refractivity contribution is 0.0317. The maximum absolute atomic E-state index is 14.7. The molecule has 26 heavy (non-hydrogen) atoms. The minimum Gasteiger partial charge on any atom is -0.497 e. The van der Waals surface area contributed by atoms with Gasteiger partial charge in [0.2, 0.25) is 0 Å². The average Bonchev–Trinajstić information content (AvgIpc) is 2.65. The molecule has 1 saturated heterocycles. The molecular formula is C21H21F3O2. The van der Waals surface area contributed by atoms with E-state index < -0.39 is 17.5 Å². The molecular weight excluding hydrogens is 341 g/mol. The normalized spacial score (nSPS) is 20.5. The van der Waals surface area contributed by atoms with E-state index in [0.717, 1.165) is 12.5 Å². The van der Waals surface area contributed by atoms with E-state index in [9.17, 15) is 13.2 Å². The van der Waals surface area contributed by atoms with Crippen LogP contribution in [0.2, 0.25) is 0 Å². The maximum Gasteiger partial charge on any atom is 0.167 e. The standard InChI is InChI=1S/C21H21F3O2/c1-3-4-14-6-5-13(12-26-14)16-9-10-18(21(24)20(16)23)17-8-7-15(25-2)11-19(17)22/h3-4,7-11,13-14H,5-6,12H2,1-2H3/b4-3+. The van der Waals surface area contributed by atoms with Crippen LogP contribution in [0.5, 0.6) is 5.75 Å². The van der Waals surface area contributed by atoms with E-state index in [1.165, 1.54) is 31.4 Å². The first-order chi connectivity index (χ1) is 12.5. The smallest absolute Gasteiger partial charge is 0.167 e. The monoisotopic (exact) mass is 362 g/mol. The molecule has 1 fully saturated rings. The summed E-state index contributed by atoms with van der Waals surface area (Å²) in [5.41, 5.74) is 0.177. The summed E-state index contributed by atoms with van der Waals surface area (Å²) in [5.74, 6) is -2.52. The minimum atomic E-state index is -1.04. The molecule has 2 aromatic rings. The Balaban J connectivity index is 1.88. The van der Waals surface area contributed by atoms with Gasteiger partial charge in [0, 0.05) is 23.1 Å². The second-order valence-corrected chi connectivity index (χ2v) is 6.35. The number of ether oxygens (including phenoxy) is 2. The summed E-state index contributed by atoms with van der Waals surface area (Å²) in [5, 5.41) is 0. The summed E-state index contributed by atoms with van der Waals surface area (Å²) in [6.45, 7) is 2.25. The molecule has 2 atom stereocenters. The SMILES string of the molecule is C/C=C/C1CCC(c2ccc(-c3ccc(OC)cc3F)c(F)c2F)CO1. The summed E-state index contributed by atoms with van der Waals surface area (Å²) in [7, 11) is 1.41. The molecule has 0 N–H and O–H groups in total. The van der Waals surface area contributed by atoms with Crippen molar-refractivity contribution in [1.29, 1.82) is 0 Å². The molecule has 2 aromatic carbocycles. The molecule has 2 unspecified atom stereocenters. The van der Waals surface area contributed by atoms with E-state index in [1.54, 1.807) is 0 Å². The van der Waals surface area contributed by atoms with Gasteiger partial charge in [-0.05, 0) is 37.5 Å². The van der Waals surface area contributed by atoms with Crippen molar-refractivity contribution in [2.45, 2.75) is 31.8 Å². The fourth-order valence-electron chi connectivity index (χ4n) is 3.31. The summed E-state index contributed by atoms with van der Waals surface area (Å²) >= 11 is 0. The average molecular weight is 362 g/mol. The van der Waals surface area contributed by atoms with Crippen molar-refractivity contribution in [2.75, 3.05) is 13.7 Å². The van der Waals surface area contributed by atoms with Crippen LogP contribution in [-0.4, -0.2) is 19.8 Å². The first-order valence-corrected chi connectivity index (χ1v) is 8.61. The largest absolute Gasteiger partial charge is 0.497 e. The first-order valence-electron chi connectivity index (χ1n) is 8.61. The third-order valence-corrected chi connectivity index (χ3v) is 4.74. The molecule has 5 heteroatoms. The van der Waals surface area contributed by atoms with Crippen LogP contribution in [0.4, 0.5) is 13.2 Å². The van der Waals surface area contributed by atoms with Crippen LogP contribution in [0.25, 0.3) is 11.1 Å². The Labute approximate surface area is 151 Å². The second-order valence-electron chi connectivity index (χ2n) is 6.35. The van der Waals surface area contributed by atoms with Crippen molar-refractivity contribution >= 4 is 0 Å². The fourth-order valence-corrected chi connectivity index (χ4v) is 3.31. The molecule has 0 radical (unpaired) electrons. The Hall–Kier alpha value is -2.27. The van der Waals surface area contributed by atoms with Crippen molar-refractivity contribution in [3.63, 3.8) is 0 Å². The first kappa shape index (κ1) is 18.5. The number of rotatable bonds is 4. The third kappa shape index (κ3) is 3.63. The van der Waals surface area contributed by atoms with Crippen molar-refractivity contribution < 1.29 is 22.6 Å². The predicted octanol–water partition coefficient (Wildman–Crippen LogP) is 5.62. The number of halogens is 3. The van der Waals surface area contributed by atoms with Crippen molar-refractivity contribution in [3.8, 4) is 16.9 Å². The van der Waals surface area contributed by atoms with Gasteiger partial charge in [-0.1, -0.05) is 24.3 Å². The Morgan fingerprint density at radius 1 is 1.04 bits per heavy atom. The van der Waals surface area contributed by atoms with Crippen LogP contribution >= 0.6 is 0 Å². The fraction of sp³-hybridized carbons (Fsp3) is 0.333. The second kappa shape index (κ2) is 7.96. The maximum atomic E-state index is 14.7. The molecule has 0 spiro atoms. The van der Waals surface area contributed by atoms with Gasteiger partial charge in [0.1, 0.15) is 11.6 Å². The summed E-state index contributed by atoms with van der Waals surface area (Å²) in [6, 6.07) is 7.01. The highest BCUT2D eigenvalue weighted by atomic mass is 19.2. The Morgan fingerprint density at radius 2 is 1.81 bits per heavy atom.